The van der Waals surface area contributed by atoms with E-state index in [0.29, 0.717) is 6.42 Å². The molecule has 0 aromatic heterocycles. The van der Waals surface area contributed by atoms with Crippen LogP contribution in [0.15, 0.2) is 130 Å². The number of rotatable bonds is 10. The number of carbonyl (C=O) groups is 1. The van der Waals surface area contributed by atoms with Gasteiger partial charge in [0.15, 0.2) is 5.78 Å². The Kier molecular flexibility index (Phi) is 13.0. The highest BCUT2D eigenvalue weighted by Gasteiger charge is 2.30. The number of Topliss-reactive ketones (excluding diaryl/α,β-unsaturated/α-hetero) is 1. The number of hydrogen-bond donors (Lipinski definition) is 0. The molecule has 0 atom stereocenters. The molecule has 0 spiro atoms. The van der Waals surface area contributed by atoms with Crippen LogP contribution in [0.1, 0.15) is 101 Å². The lowest BCUT2D eigenvalue weighted by molar-refractivity contribution is -0.116. The molecule has 220 valence electrons. The van der Waals surface area contributed by atoms with Gasteiger partial charge in [-0.25, -0.2) is 0 Å². The molecule has 1 heteroatoms. The normalized spacial score (nSPS) is 21.8. The minimum Gasteiger partial charge on any atom is -0.295 e. The molecule has 2 rings (SSSR count). The predicted octanol–water partition coefficient (Wildman–Crippen LogP) is 11.8. The summed E-state index contributed by atoms with van der Waals surface area (Å²) in [7, 11) is 0. The predicted molar refractivity (Wildman–Crippen MR) is 182 cm³/mol. The topological polar surface area (TPSA) is 17.1 Å². The van der Waals surface area contributed by atoms with Crippen molar-refractivity contribution in [3.63, 3.8) is 0 Å². The van der Waals surface area contributed by atoms with Crippen LogP contribution in [0.25, 0.3) is 0 Å². The van der Waals surface area contributed by atoms with Gasteiger partial charge in [-0.15, -0.1) is 0 Å². The Hall–Kier alpha value is -3.19. The van der Waals surface area contributed by atoms with Gasteiger partial charge in [0.2, 0.25) is 0 Å². The van der Waals surface area contributed by atoms with Crippen molar-refractivity contribution < 1.29 is 4.79 Å². The first-order valence-corrected chi connectivity index (χ1v) is 15.3. The van der Waals surface area contributed by atoms with E-state index in [1.54, 1.807) is 0 Å². The summed E-state index contributed by atoms with van der Waals surface area (Å²) in [5.41, 5.74) is 10.3. The molecule has 2 aliphatic carbocycles. The summed E-state index contributed by atoms with van der Waals surface area (Å²) in [6, 6.07) is 0. The van der Waals surface area contributed by atoms with E-state index in [1.165, 1.54) is 52.7 Å². The summed E-state index contributed by atoms with van der Waals surface area (Å²) < 4.78 is 0. The first-order valence-electron chi connectivity index (χ1n) is 15.3. The maximum Gasteiger partial charge on any atom is 0.158 e. The van der Waals surface area contributed by atoms with Gasteiger partial charge in [0.1, 0.15) is 0 Å². The number of ketones is 1. The van der Waals surface area contributed by atoms with Crippen molar-refractivity contribution in [1.29, 1.82) is 0 Å². The van der Waals surface area contributed by atoms with Gasteiger partial charge in [0.25, 0.3) is 0 Å². The van der Waals surface area contributed by atoms with Crippen LogP contribution in [-0.2, 0) is 4.79 Å². The average molecular weight is 551 g/mol. The van der Waals surface area contributed by atoms with Crippen LogP contribution in [0.2, 0.25) is 0 Å². The highest BCUT2D eigenvalue weighted by Crippen LogP contribution is 2.41. The van der Waals surface area contributed by atoms with Gasteiger partial charge in [-0.3, -0.25) is 4.79 Å². The largest absolute Gasteiger partial charge is 0.295 e. The molecule has 0 saturated carbocycles. The molecule has 41 heavy (non-hydrogen) atoms. The van der Waals surface area contributed by atoms with Gasteiger partial charge in [-0.2, -0.15) is 0 Å². The summed E-state index contributed by atoms with van der Waals surface area (Å²) in [6.45, 7) is 21.9. The summed E-state index contributed by atoms with van der Waals surface area (Å²) in [6.07, 6.45) is 35.4. The minimum atomic E-state index is 0.0507. The van der Waals surface area contributed by atoms with Crippen LogP contribution in [0.5, 0.6) is 0 Å². The van der Waals surface area contributed by atoms with Crippen LogP contribution < -0.4 is 0 Å². The zero-order valence-corrected chi connectivity index (χ0v) is 27.5. The molecule has 0 amide bonds. The first kappa shape index (κ1) is 34.0. The van der Waals surface area contributed by atoms with Gasteiger partial charge < -0.3 is 0 Å². The van der Waals surface area contributed by atoms with Gasteiger partial charge in [0.05, 0.1) is 0 Å². The molecular weight excluding hydrogens is 496 g/mol. The first-order chi connectivity index (χ1) is 19.2. The number of hydrogen-bond acceptors (Lipinski definition) is 1. The van der Waals surface area contributed by atoms with Gasteiger partial charge in [0, 0.05) is 6.42 Å². The van der Waals surface area contributed by atoms with Crippen LogP contribution in [-0.4, -0.2) is 5.78 Å². The van der Waals surface area contributed by atoms with E-state index >= 15 is 0 Å². The van der Waals surface area contributed by atoms with E-state index in [1.807, 2.05) is 6.92 Å². The molecule has 0 heterocycles. The highest BCUT2D eigenvalue weighted by molar-refractivity contribution is 5.97. The van der Waals surface area contributed by atoms with Gasteiger partial charge in [-0.05, 0) is 94.8 Å². The van der Waals surface area contributed by atoms with E-state index in [-0.39, 0.29) is 16.6 Å². The molecule has 2 aliphatic rings. The molecule has 1 nitrogen and oxygen atoms in total. The third-order valence-electron chi connectivity index (χ3n) is 8.36. The van der Waals surface area contributed by atoms with Gasteiger partial charge >= 0.3 is 0 Å². The molecule has 0 unspecified atom stereocenters. The Morgan fingerprint density at radius 2 is 1.02 bits per heavy atom. The van der Waals surface area contributed by atoms with Crippen LogP contribution in [0, 0.1) is 10.8 Å². The fourth-order valence-corrected chi connectivity index (χ4v) is 5.54. The van der Waals surface area contributed by atoms with Crippen molar-refractivity contribution in [1.82, 2.24) is 0 Å². The summed E-state index contributed by atoms with van der Waals surface area (Å²) in [5.74, 6) is 0.280. The van der Waals surface area contributed by atoms with E-state index in [4.69, 9.17) is 0 Å². The lowest BCUT2D eigenvalue weighted by atomic mass is 9.72. The van der Waals surface area contributed by atoms with Crippen LogP contribution in [0.4, 0.5) is 0 Å². The molecule has 0 aromatic carbocycles. The second kappa shape index (κ2) is 15.7. The molecule has 0 bridgehead atoms. The van der Waals surface area contributed by atoms with E-state index < -0.39 is 0 Å². The quantitative estimate of drug-likeness (QED) is 0.247. The third-order valence-corrected chi connectivity index (χ3v) is 8.36. The molecular formula is C40H54O. The van der Waals surface area contributed by atoms with Crippen LogP contribution >= 0.6 is 0 Å². The molecule has 0 aromatic rings. The second-order valence-electron chi connectivity index (χ2n) is 13.2. The maximum atomic E-state index is 12.2. The Balaban J connectivity index is 1.91. The van der Waals surface area contributed by atoms with E-state index in [9.17, 15) is 4.79 Å². The molecule has 0 saturated heterocycles. The van der Waals surface area contributed by atoms with Crippen molar-refractivity contribution in [2.24, 2.45) is 10.8 Å². The maximum absolute atomic E-state index is 12.2. The SMILES string of the molecule is CC1=C(/C=C/C(C)=C\C=C\C(C)=C\C=C\C=C(C)\C=C\C=C(C)/C=C/C2=C(C)C(=O)CCC2(C)C)C(C)(C)CCC1. The molecule has 0 radical (unpaired) electrons. The fourth-order valence-electron chi connectivity index (χ4n) is 5.54. The van der Waals surface area contributed by atoms with Crippen molar-refractivity contribution >= 4 is 5.78 Å². The Morgan fingerprint density at radius 3 is 1.54 bits per heavy atom. The van der Waals surface area contributed by atoms with E-state index in [2.05, 4.69) is 147 Å². The van der Waals surface area contributed by atoms with Crippen LogP contribution in [0.3, 0.4) is 0 Å². The zero-order valence-electron chi connectivity index (χ0n) is 27.5. The van der Waals surface area contributed by atoms with Crippen molar-refractivity contribution in [3.8, 4) is 0 Å². The Labute approximate surface area is 252 Å². The van der Waals surface area contributed by atoms with Crippen molar-refractivity contribution in [2.75, 3.05) is 0 Å². The average Bonchev–Trinajstić information content (AvgIpc) is 2.88. The Bertz CT molecular complexity index is 1300. The number of carbonyl (C=O) groups excluding carboxylic acids is 1. The Morgan fingerprint density at radius 1 is 0.585 bits per heavy atom. The lowest BCUT2D eigenvalue weighted by Gasteiger charge is -2.32. The monoisotopic (exact) mass is 550 g/mol. The molecule has 0 fully saturated rings. The standard InChI is InChI=1S/C40H54O/c1-30(18-13-20-32(3)23-25-36-34(5)22-15-28-39(36,7)8)16-11-12-17-31(2)19-14-21-33(4)24-26-37-35(6)38(41)27-29-40(37,9)10/h11-14,16-21,23-26H,15,22,27-29H2,1-10H3/b12-11+,18-13+,19-14+,25-23+,26-24+,30-16+,31-17+,32-20-,33-21-. The third kappa shape index (κ3) is 11.3. The minimum absolute atomic E-state index is 0.0507. The second-order valence-corrected chi connectivity index (χ2v) is 13.2. The summed E-state index contributed by atoms with van der Waals surface area (Å²) in [5, 5.41) is 0. The van der Waals surface area contributed by atoms with Gasteiger partial charge in [-0.1, -0.05) is 141 Å². The smallest absolute Gasteiger partial charge is 0.158 e. The summed E-state index contributed by atoms with van der Waals surface area (Å²) in [4.78, 5) is 12.2. The van der Waals surface area contributed by atoms with Crippen molar-refractivity contribution in [3.05, 3.63) is 130 Å². The zero-order chi connectivity index (χ0) is 30.6. The summed E-state index contributed by atoms with van der Waals surface area (Å²) >= 11 is 0. The number of allylic oxidation sites excluding steroid dienone is 22. The molecule has 0 N–H and O–H groups in total. The fraction of sp³-hybridized carbons (Fsp3) is 0.425. The highest BCUT2D eigenvalue weighted by atomic mass is 16.1. The molecule has 0 aliphatic heterocycles. The van der Waals surface area contributed by atoms with E-state index in [0.717, 1.165) is 17.6 Å². The van der Waals surface area contributed by atoms with Crippen molar-refractivity contribution in [2.45, 2.75) is 101 Å². The lowest BCUT2D eigenvalue weighted by Crippen LogP contribution is -2.24.